The molecule has 0 atom stereocenters. The van der Waals surface area contributed by atoms with Crippen LogP contribution in [0.3, 0.4) is 0 Å². The minimum absolute atomic E-state index is 0.0412. The summed E-state index contributed by atoms with van der Waals surface area (Å²) in [5, 5.41) is 11.8. The van der Waals surface area contributed by atoms with Gasteiger partial charge in [-0.25, -0.2) is 13.9 Å². The molecule has 0 unspecified atom stereocenters. The van der Waals surface area contributed by atoms with Gasteiger partial charge in [0.15, 0.2) is 5.65 Å². The fourth-order valence-corrected chi connectivity index (χ4v) is 3.24. The number of hydrogen-bond donors (Lipinski definition) is 1. The second-order valence-electron chi connectivity index (χ2n) is 7.00. The summed E-state index contributed by atoms with van der Waals surface area (Å²) in [6, 6.07) is 9.34. The highest BCUT2D eigenvalue weighted by Crippen LogP contribution is 2.29. The minimum atomic E-state index is -0.474. The number of carbonyl (C=O) groups excluding carboxylic acids is 1. The molecular weight excluding hydrogens is 369 g/mol. The fourth-order valence-electron chi connectivity index (χ4n) is 2.36. The van der Waals surface area contributed by atoms with Crippen molar-refractivity contribution in [2.24, 2.45) is 0 Å². The lowest BCUT2D eigenvalue weighted by Gasteiger charge is -2.16. The Balaban J connectivity index is 1.70. The minimum Gasteiger partial charge on any atom is -0.350 e. The number of thioether (sulfide) groups is 1. The van der Waals surface area contributed by atoms with Gasteiger partial charge in [0.1, 0.15) is 17.4 Å². The molecule has 1 aromatic carbocycles. The van der Waals surface area contributed by atoms with Crippen molar-refractivity contribution in [3.63, 3.8) is 0 Å². The van der Waals surface area contributed by atoms with Crippen molar-refractivity contribution in [1.29, 1.82) is 0 Å². The molecule has 0 aliphatic rings. The number of benzene rings is 1. The molecule has 0 radical (unpaired) electrons. The van der Waals surface area contributed by atoms with E-state index >= 15 is 0 Å². The molecule has 0 saturated carbocycles. The second kappa shape index (κ2) is 7.51. The van der Waals surface area contributed by atoms with E-state index in [9.17, 15) is 14.0 Å². The lowest BCUT2D eigenvalue weighted by Crippen LogP contribution is -2.32. The summed E-state index contributed by atoms with van der Waals surface area (Å²) in [6.45, 7) is 6.20. The highest BCUT2D eigenvalue weighted by molar-refractivity contribution is 8.00. The Bertz CT molecular complexity index is 1020. The summed E-state index contributed by atoms with van der Waals surface area (Å²) in [4.78, 5) is 24.6. The normalized spacial score (nSPS) is 11.7. The molecule has 3 rings (SSSR count). The number of carbonyl (C=O) groups is 1. The standard InChI is InChI=1S/C18H20FN5O2S/c1-18(2,3)27-16-9-8-14-21-23(17(26)24(14)22-16)11-15(25)20-10-12-4-6-13(19)7-5-12/h4-9H,10-11H2,1-3H3,(H,20,25). The molecule has 1 amide bonds. The average molecular weight is 389 g/mol. The number of nitrogens with one attached hydrogen (secondary N) is 1. The summed E-state index contributed by atoms with van der Waals surface area (Å²) in [6.07, 6.45) is 0. The van der Waals surface area contributed by atoms with Crippen LogP contribution in [0.5, 0.6) is 0 Å². The van der Waals surface area contributed by atoms with Crippen LogP contribution < -0.4 is 11.0 Å². The van der Waals surface area contributed by atoms with Gasteiger partial charge >= 0.3 is 5.69 Å². The zero-order valence-corrected chi connectivity index (χ0v) is 16.1. The molecule has 0 spiro atoms. The van der Waals surface area contributed by atoms with Gasteiger partial charge in [-0.15, -0.1) is 5.10 Å². The molecule has 0 aliphatic carbocycles. The largest absolute Gasteiger partial charge is 0.367 e. The van der Waals surface area contributed by atoms with E-state index in [-0.39, 0.29) is 29.6 Å². The Morgan fingerprint density at radius 2 is 1.85 bits per heavy atom. The summed E-state index contributed by atoms with van der Waals surface area (Å²) in [5.41, 5.74) is 0.667. The smallest absolute Gasteiger partial charge is 0.350 e. The van der Waals surface area contributed by atoms with Gasteiger partial charge in [-0.05, 0) is 29.8 Å². The van der Waals surface area contributed by atoms with E-state index in [2.05, 4.69) is 36.3 Å². The third kappa shape index (κ3) is 4.94. The van der Waals surface area contributed by atoms with Crippen LogP contribution in [0.4, 0.5) is 4.39 Å². The first-order chi connectivity index (χ1) is 12.7. The van der Waals surface area contributed by atoms with E-state index in [1.54, 1.807) is 36.0 Å². The van der Waals surface area contributed by atoms with Crippen molar-refractivity contribution in [3.8, 4) is 0 Å². The molecule has 0 saturated heterocycles. The van der Waals surface area contributed by atoms with Crippen molar-refractivity contribution < 1.29 is 9.18 Å². The highest BCUT2D eigenvalue weighted by Gasteiger charge is 2.16. The monoisotopic (exact) mass is 389 g/mol. The van der Waals surface area contributed by atoms with E-state index in [0.29, 0.717) is 10.7 Å². The first-order valence-corrected chi connectivity index (χ1v) is 9.20. The number of halogens is 1. The van der Waals surface area contributed by atoms with Crippen molar-refractivity contribution in [1.82, 2.24) is 24.7 Å². The number of rotatable bonds is 5. The van der Waals surface area contributed by atoms with Crippen LogP contribution in [-0.4, -0.2) is 30.0 Å². The first-order valence-electron chi connectivity index (χ1n) is 8.38. The average Bonchev–Trinajstić information content (AvgIpc) is 2.89. The van der Waals surface area contributed by atoms with Crippen LogP contribution in [0.15, 0.2) is 46.2 Å². The predicted octanol–water partition coefficient (Wildman–Crippen LogP) is 2.24. The van der Waals surface area contributed by atoms with Crippen LogP contribution in [0.25, 0.3) is 5.65 Å². The lowest BCUT2D eigenvalue weighted by molar-refractivity contribution is -0.122. The third-order valence-electron chi connectivity index (χ3n) is 3.52. The maximum absolute atomic E-state index is 12.9. The Morgan fingerprint density at radius 1 is 1.15 bits per heavy atom. The van der Waals surface area contributed by atoms with E-state index in [1.165, 1.54) is 16.6 Å². The molecule has 1 N–H and O–H groups in total. The topological polar surface area (TPSA) is 81.3 Å². The summed E-state index contributed by atoms with van der Waals surface area (Å²) in [5.74, 6) is -0.702. The zero-order valence-electron chi connectivity index (χ0n) is 15.3. The number of amides is 1. The molecule has 27 heavy (non-hydrogen) atoms. The third-order valence-corrected chi connectivity index (χ3v) is 4.56. The maximum Gasteiger partial charge on any atom is 0.367 e. The van der Waals surface area contributed by atoms with Gasteiger partial charge < -0.3 is 5.32 Å². The molecule has 2 aromatic heterocycles. The Hall–Kier alpha value is -2.68. The van der Waals surface area contributed by atoms with Gasteiger partial charge in [0.25, 0.3) is 0 Å². The first kappa shape index (κ1) is 19.1. The molecule has 7 nitrogen and oxygen atoms in total. The van der Waals surface area contributed by atoms with Crippen LogP contribution in [0, 0.1) is 5.82 Å². The Morgan fingerprint density at radius 3 is 2.52 bits per heavy atom. The van der Waals surface area contributed by atoms with Gasteiger partial charge in [-0.3, -0.25) is 4.79 Å². The van der Waals surface area contributed by atoms with Gasteiger partial charge in [0.05, 0.1) is 0 Å². The van der Waals surface area contributed by atoms with E-state index in [1.807, 2.05) is 0 Å². The molecule has 0 aliphatic heterocycles. The summed E-state index contributed by atoms with van der Waals surface area (Å²) >= 11 is 1.54. The van der Waals surface area contributed by atoms with E-state index in [0.717, 1.165) is 10.2 Å². The van der Waals surface area contributed by atoms with Gasteiger partial charge in [-0.1, -0.05) is 44.7 Å². The number of nitrogens with zero attached hydrogens (tertiary/aromatic N) is 4. The molecular formula is C18H20FN5O2S. The van der Waals surface area contributed by atoms with Gasteiger partial charge in [0.2, 0.25) is 5.91 Å². The number of aromatic nitrogens is 4. The lowest BCUT2D eigenvalue weighted by atomic mass is 10.2. The van der Waals surface area contributed by atoms with E-state index in [4.69, 9.17) is 0 Å². The van der Waals surface area contributed by atoms with Crippen LogP contribution in [-0.2, 0) is 17.9 Å². The Labute approximate surface area is 159 Å². The van der Waals surface area contributed by atoms with Crippen molar-refractivity contribution in [2.75, 3.05) is 0 Å². The maximum atomic E-state index is 12.9. The van der Waals surface area contributed by atoms with Gasteiger partial charge in [-0.2, -0.15) is 9.61 Å². The Kier molecular flexibility index (Phi) is 5.31. The van der Waals surface area contributed by atoms with E-state index < -0.39 is 5.69 Å². The quantitative estimate of drug-likeness (QED) is 0.677. The molecule has 142 valence electrons. The molecule has 0 fully saturated rings. The molecule has 2 heterocycles. The molecule has 9 heteroatoms. The van der Waals surface area contributed by atoms with Crippen molar-refractivity contribution in [2.45, 2.75) is 43.6 Å². The van der Waals surface area contributed by atoms with Gasteiger partial charge in [0, 0.05) is 11.3 Å². The molecule has 0 bridgehead atoms. The van der Waals surface area contributed by atoms with Crippen LogP contribution in [0.2, 0.25) is 0 Å². The summed E-state index contributed by atoms with van der Waals surface area (Å²) < 4.78 is 15.1. The zero-order chi connectivity index (χ0) is 19.6. The number of hydrogen-bond acceptors (Lipinski definition) is 5. The van der Waals surface area contributed by atoms with Crippen LogP contribution >= 0.6 is 11.8 Å². The second-order valence-corrected chi connectivity index (χ2v) is 8.85. The summed E-state index contributed by atoms with van der Waals surface area (Å²) in [7, 11) is 0. The van der Waals surface area contributed by atoms with Crippen molar-refractivity contribution >= 4 is 23.3 Å². The van der Waals surface area contributed by atoms with Crippen molar-refractivity contribution in [3.05, 3.63) is 58.3 Å². The van der Waals surface area contributed by atoms with Crippen LogP contribution in [0.1, 0.15) is 26.3 Å². The fraction of sp³-hybridized carbons (Fsp3) is 0.333. The predicted molar refractivity (Wildman–Crippen MR) is 101 cm³/mol. The SMILES string of the molecule is CC(C)(C)Sc1ccc2nn(CC(=O)NCc3ccc(F)cc3)c(=O)n2n1. The number of fused-ring (bicyclic) bond motifs is 1. The molecule has 3 aromatic rings. The highest BCUT2D eigenvalue weighted by atomic mass is 32.2.